The van der Waals surface area contributed by atoms with Crippen LogP contribution in [0.25, 0.3) is 0 Å². The Labute approximate surface area is 173 Å². The summed E-state index contributed by atoms with van der Waals surface area (Å²) in [5.74, 6) is -0.128. The van der Waals surface area contributed by atoms with Crippen LogP contribution in [0.5, 0.6) is 0 Å². The molecule has 4 rings (SSSR count). The summed E-state index contributed by atoms with van der Waals surface area (Å²) in [5, 5.41) is 0. The maximum atomic E-state index is 12.8. The number of halogens is 3. The van der Waals surface area contributed by atoms with Crippen molar-refractivity contribution in [3.05, 3.63) is 64.7 Å². The summed E-state index contributed by atoms with van der Waals surface area (Å²) in [4.78, 5) is 14.2. The van der Waals surface area contributed by atoms with Gasteiger partial charge in [0.1, 0.15) is 0 Å². The van der Waals surface area contributed by atoms with Gasteiger partial charge < -0.3 is 4.90 Å². The van der Waals surface area contributed by atoms with Crippen LogP contribution in [0.3, 0.4) is 0 Å². The standard InChI is InChI=1S/C21H21F3N2O3S/c22-21(23,24)18-6-8-19(9-7-18)30(28,29)26-12-10-25(11-13-26)20(27)17-5-4-15-2-1-3-16(15)14-17/h4-9,14H,1-3,10-13H2. The fourth-order valence-corrected chi connectivity index (χ4v) is 5.41. The average molecular weight is 438 g/mol. The van der Waals surface area contributed by atoms with Gasteiger partial charge in [0.15, 0.2) is 0 Å². The number of nitrogens with zero attached hydrogens (tertiary/aromatic N) is 2. The van der Waals surface area contributed by atoms with Gasteiger partial charge in [-0.15, -0.1) is 0 Å². The minimum atomic E-state index is -4.52. The number of carbonyl (C=O) groups is 1. The number of rotatable bonds is 3. The van der Waals surface area contributed by atoms with Crippen LogP contribution in [0.2, 0.25) is 0 Å². The van der Waals surface area contributed by atoms with Gasteiger partial charge in [-0.2, -0.15) is 17.5 Å². The number of amides is 1. The molecule has 2 aromatic rings. The predicted molar refractivity (Wildman–Crippen MR) is 105 cm³/mol. The van der Waals surface area contributed by atoms with Gasteiger partial charge in [-0.1, -0.05) is 6.07 Å². The first-order valence-corrected chi connectivity index (χ1v) is 11.2. The summed E-state index contributed by atoms with van der Waals surface area (Å²) in [6.45, 7) is 0.658. The quantitative estimate of drug-likeness (QED) is 0.739. The summed E-state index contributed by atoms with van der Waals surface area (Å²) in [7, 11) is -3.92. The van der Waals surface area contributed by atoms with Crippen molar-refractivity contribution < 1.29 is 26.4 Å². The van der Waals surface area contributed by atoms with Gasteiger partial charge in [-0.3, -0.25) is 4.79 Å². The number of benzene rings is 2. The van der Waals surface area contributed by atoms with E-state index < -0.39 is 21.8 Å². The van der Waals surface area contributed by atoms with E-state index in [1.807, 2.05) is 18.2 Å². The number of carbonyl (C=O) groups excluding carboxylic acids is 1. The molecule has 0 saturated carbocycles. The van der Waals surface area contributed by atoms with Gasteiger partial charge in [0.05, 0.1) is 10.5 Å². The molecule has 2 aromatic carbocycles. The van der Waals surface area contributed by atoms with E-state index >= 15 is 0 Å². The molecule has 0 aromatic heterocycles. The Balaban J connectivity index is 1.43. The van der Waals surface area contributed by atoms with Crippen molar-refractivity contribution in [2.24, 2.45) is 0 Å². The molecule has 5 nitrogen and oxygen atoms in total. The van der Waals surface area contributed by atoms with Crippen molar-refractivity contribution >= 4 is 15.9 Å². The van der Waals surface area contributed by atoms with Gasteiger partial charge in [0.25, 0.3) is 5.91 Å². The minimum absolute atomic E-state index is 0.0973. The fourth-order valence-electron chi connectivity index (χ4n) is 3.98. The van der Waals surface area contributed by atoms with Crippen LogP contribution in [-0.4, -0.2) is 49.7 Å². The smallest absolute Gasteiger partial charge is 0.336 e. The summed E-state index contributed by atoms with van der Waals surface area (Å²) in [6, 6.07) is 9.20. The zero-order chi connectivity index (χ0) is 21.5. The van der Waals surface area contributed by atoms with Gasteiger partial charge in [-0.25, -0.2) is 8.42 Å². The van der Waals surface area contributed by atoms with Crippen LogP contribution in [0, 0.1) is 0 Å². The Morgan fingerprint density at radius 3 is 2.13 bits per heavy atom. The highest BCUT2D eigenvalue weighted by Gasteiger charge is 2.33. The summed E-state index contributed by atoms with van der Waals surface area (Å²) in [6.07, 6.45) is -1.43. The highest BCUT2D eigenvalue weighted by Crippen LogP contribution is 2.30. The van der Waals surface area contributed by atoms with Gasteiger partial charge in [0.2, 0.25) is 10.0 Å². The van der Waals surface area contributed by atoms with Crippen LogP contribution in [-0.2, 0) is 29.0 Å². The maximum Gasteiger partial charge on any atom is 0.416 e. The van der Waals surface area contributed by atoms with Gasteiger partial charge in [-0.05, 0) is 66.8 Å². The summed E-state index contributed by atoms with van der Waals surface area (Å²) in [5.41, 5.74) is 2.18. The Bertz CT molecular complexity index is 1060. The number of hydrogen-bond donors (Lipinski definition) is 0. The zero-order valence-corrected chi connectivity index (χ0v) is 17.0. The molecule has 1 amide bonds. The molecule has 1 aliphatic carbocycles. The van der Waals surface area contributed by atoms with Crippen LogP contribution in [0.4, 0.5) is 13.2 Å². The van der Waals surface area contributed by atoms with Crippen LogP contribution in [0.1, 0.15) is 33.5 Å². The van der Waals surface area contributed by atoms with E-state index in [0.717, 1.165) is 43.5 Å². The molecule has 0 atom stereocenters. The first-order chi connectivity index (χ1) is 14.2. The molecule has 2 aliphatic rings. The third-order valence-corrected chi connectivity index (χ3v) is 7.60. The molecule has 0 N–H and O–H groups in total. The largest absolute Gasteiger partial charge is 0.416 e. The monoisotopic (exact) mass is 438 g/mol. The van der Waals surface area contributed by atoms with Crippen molar-refractivity contribution in [1.29, 1.82) is 0 Å². The second-order valence-corrected chi connectivity index (χ2v) is 9.49. The number of hydrogen-bond acceptors (Lipinski definition) is 3. The van der Waals surface area contributed by atoms with E-state index in [1.165, 1.54) is 15.4 Å². The van der Waals surface area contributed by atoms with Crippen molar-refractivity contribution in [3.8, 4) is 0 Å². The SMILES string of the molecule is O=C(c1ccc2c(c1)CCC2)N1CCN(S(=O)(=O)c2ccc(C(F)(F)F)cc2)CC1. The normalized spacial score (nSPS) is 17.8. The lowest BCUT2D eigenvalue weighted by molar-refractivity contribution is -0.137. The van der Waals surface area contributed by atoms with E-state index in [4.69, 9.17) is 0 Å². The van der Waals surface area contributed by atoms with Crippen molar-refractivity contribution in [3.63, 3.8) is 0 Å². The lowest BCUT2D eigenvalue weighted by atomic mass is 10.1. The molecule has 0 unspecified atom stereocenters. The van der Waals surface area contributed by atoms with Crippen LogP contribution >= 0.6 is 0 Å². The molecule has 30 heavy (non-hydrogen) atoms. The Morgan fingerprint density at radius 2 is 1.50 bits per heavy atom. The second-order valence-electron chi connectivity index (χ2n) is 7.56. The summed E-state index contributed by atoms with van der Waals surface area (Å²) >= 11 is 0. The van der Waals surface area contributed by atoms with Crippen LogP contribution in [0.15, 0.2) is 47.4 Å². The predicted octanol–water partition coefficient (Wildman–Crippen LogP) is 3.34. The lowest BCUT2D eigenvalue weighted by Gasteiger charge is -2.34. The van der Waals surface area contributed by atoms with E-state index in [1.54, 1.807) is 4.90 Å². The second kappa shape index (κ2) is 7.70. The fraction of sp³-hybridized carbons (Fsp3) is 0.381. The van der Waals surface area contributed by atoms with Gasteiger partial charge >= 0.3 is 6.18 Å². The third kappa shape index (κ3) is 3.96. The molecule has 0 bridgehead atoms. The molecule has 1 heterocycles. The van der Waals surface area contributed by atoms with E-state index in [9.17, 15) is 26.4 Å². The Kier molecular flexibility index (Phi) is 5.36. The van der Waals surface area contributed by atoms with E-state index in [-0.39, 0.29) is 37.0 Å². The highest BCUT2D eigenvalue weighted by atomic mass is 32.2. The van der Waals surface area contributed by atoms with Gasteiger partial charge in [0, 0.05) is 31.7 Å². The number of aryl methyl sites for hydroxylation is 2. The molecule has 1 fully saturated rings. The number of alkyl halides is 3. The molecule has 1 aliphatic heterocycles. The molecule has 0 spiro atoms. The molecule has 9 heteroatoms. The maximum absolute atomic E-state index is 12.8. The Morgan fingerprint density at radius 1 is 0.867 bits per heavy atom. The number of sulfonamides is 1. The highest BCUT2D eigenvalue weighted by molar-refractivity contribution is 7.89. The van der Waals surface area contributed by atoms with Crippen molar-refractivity contribution in [2.45, 2.75) is 30.3 Å². The zero-order valence-electron chi connectivity index (χ0n) is 16.2. The topological polar surface area (TPSA) is 57.7 Å². The van der Waals surface area contributed by atoms with Crippen molar-refractivity contribution in [1.82, 2.24) is 9.21 Å². The van der Waals surface area contributed by atoms with E-state index in [0.29, 0.717) is 5.56 Å². The summed E-state index contributed by atoms with van der Waals surface area (Å²) < 4.78 is 64.9. The van der Waals surface area contributed by atoms with Crippen LogP contribution < -0.4 is 0 Å². The molecular weight excluding hydrogens is 417 g/mol. The first kappa shape index (κ1) is 20.9. The average Bonchev–Trinajstić information content (AvgIpc) is 3.20. The minimum Gasteiger partial charge on any atom is -0.336 e. The number of fused-ring (bicyclic) bond motifs is 1. The number of piperazine rings is 1. The molecule has 0 radical (unpaired) electrons. The lowest BCUT2D eigenvalue weighted by Crippen LogP contribution is -2.50. The van der Waals surface area contributed by atoms with E-state index in [2.05, 4.69) is 0 Å². The Hall–Kier alpha value is -2.39. The van der Waals surface area contributed by atoms with Crippen molar-refractivity contribution in [2.75, 3.05) is 26.2 Å². The molecular formula is C21H21F3N2O3S. The molecule has 160 valence electrons. The third-order valence-electron chi connectivity index (χ3n) is 5.69. The molecule has 1 saturated heterocycles. The first-order valence-electron chi connectivity index (χ1n) is 9.75.